The number of carbonyl (C=O) groups excluding carboxylic acids is 1. The van der Waals surface area contributed by atoms with Gasteiger partial charge >= 0.3 is 0 Å². The third-order valence-corrected chi connectivity index (χ3v) is 3.43. The predicted molar refractivity (Wildman–Crippen MR) is 55.8 cm³/mol. The molecule has 1 aromatic carbocycles. The number of carbonyl (C=O) groups is 1. The number of halogens is 1. The summed E-state index contributed by atoms with van der Waals surface area (Å²) in [5.41, 5.74) is 3.55. The van der Waals surface area contributed by atoms with Crippen LogP contribution in [0.15, 0.2) is 12.1 Å². The van der Waals surface area contributed by atoms with Crippen LogP contribution in [-0.2, 0) is 17.6 Å². The number of hydrogen-bond donors (Lipinski definition) is 0. The van der Waals surface area contributed by atoms with Gasteiger partial charge in [-0.3, -0.25) is 4.79 Å². The van der Waals surface area contributed by atoms with Crippen molar-refractivity contribution in [3.63, 3.8) is 0 Å². The molecule has 0 bridgehead atoms. The van der Waals surface area contributed by atoms with Crippen molar-refractivity contribution < 1.29 is 4.79 Å². The molecule has 0 atom stereocenters. The fraction of sp³-hybridized carbons (Fsp3) is 0.364. The number of amides is 1. The lowest BCUT2D eigenvalue weighted by Gasteiger charge is -2.25. The summed E-state index contributed by atoms with van der Waals surface area (Å²) in [7, 11) is 0. The molecule has 2 heterocycles. The van der Waals surface area contributed by atoms with Crippen LogP contribution in [0.2, 0.25) is 5.02 Å². The Kier molecular flexibility index (Phi) is 1.62. The van der Waals surface area contributed by atoms with E-state index >= 15 is 0 Å². The topological polar surface area (TPSA) is 20.3 Å². The normalized spacial score (nSPS) is 18.6. The van der Waals surface area contributed by atoms with Gasteiger partial charge in [0.2, 0.25) is 5.91 Å². The van der Waals surface area contributed by atoms with Gasteiger partial charge in [-0.2, -0.15) is 0 Å². The lowest BCUT2D eigenvalue weighted by Crippen LogP contribution is -2.32. The van der Waals surface area contributed by atoms with E-state index in [0.717, 1.165) is 30.1 Å². The molecule has 2 aliphatic heterocycles. The van der Waals surface area contributed by atoms with E-state index in [2.05, 4.69) is 0 Å². The van der Waals surface area contributed by atoms with Crippen LogP contribution in [0, 0.1) is 0 Å². The first-order chi connectivity index (χ1) is 6.77. The second kappa shape index (κ2) is 2.74. The molecule has 3 rings (SSSR count). The molecular weight excluding hydrogens is 198 g/mol. The maximum Gasteiger partial charge on any atom is 0.227 e. The maximum atomic E-state index is 11.6. The average Bonchev–Trinajstić information content (AvgIpc) is 2.60. The molecule has 0 spiro atoms. The van der Waals surface area contributed by atoms with Gasteiger partial charge in [-0.1, -0.05) is 17.7 Å². The summed E-state index contributed by atoms with van der Waals surface area (Å²) in [5.74, 6) is 0.249. The Bertz CT molecular complexity index is 428. The summed E-state index contributed by atoms with van der Waals surface area (Å²) >= 11 is 6.12. The van der Waals surface area contributed by atoms with Crippen LogP contribution < -0.4 is 4.90 Å². The van der Waals surface area contributed by atoms with Crippen molar-refractivity contribution in [1.29, 1.82) is 0 Å². The molecule has 72 valence electrons. The summed E-state index contributed by atoms with van der Waals surface area (Å²) in [6.07, 6.45) is 2.39. The van der Waals surface area contributed by atoms with Crippen molar-refractivity contribution in [2.75, 3.05) is 11.4 Å². The summed E-state index contributed by atoms with van der Waals surface area (Å²) in [4.78, 5) is 13.5. The highest BCUT2D eigenvalue weighted by Gasteiger charge is 2.31. The molecule has 1 amide bonds. The van der Waals surface area contributed by atoms with Crippen molar-refractivity contribution in [2.24, 2.45) is 0 Å². The zero-order valence-electron chi connectivity index (χ0n) is 7.72. The minimum absolute atomic E-state index is 0.249. The van der Waals surface area contributed by atoms with Gasteiger partial charge in [-0.25, -0.2) is 0 Å². The van der Waals surface area contributed by atoms with Crippen molar-refractivity contribution in [3.05, 3.63) is 28.3 Å². The highest BCUT2D eigenvalue weighted by atomic mass is 35.5. The fourth-order valence-corrected chi connectivity index (χ4v) is 2.64. The lowest BCUT2D eigenvalue weighted by molar-refractivity contribution is -0.118. The first kappa shape index (κ1) is 8.30. The van der Waals surface area contributed by atoms with Gasteiger partial charge in [-0.05, 0) is 30.0 Å². The Balaban J connectivity index is 2.27. The van der Waals surface area contributed by atoms with Crippen LogP contribution in [0.25, 0.3) is 0 Å². The van der Waals surface area contributed by atoms with E-state index in [4.69, 9.17) is 11.6 Å². The molecule has 2 nitrogen and oxygen atoms in total. The second-order valence-corrected chi connectivity index (χ2v) is 4.24. The Hall–Kier alpha value is -1.02. The minimum Gasteiger partial charge on any atom is -0.311 e. The van der Waals surface area contributed by atoms with E-state index in [1.54, 1.807) is 0 Å². The molecule has 0 aromatic heterocycles. The zero-order valence-corrected chi connectivity index (χ0v) is 8.47. The SMILES string of the molecule is O=C1CCc2c(Cl)ccc3c2N1CC3. The molecule has 2 aliphatic rings. The molecule has 3 heteroatoms. The van der Waals surface area contributed by atoms with Gasteiger partial charge < -0.3 is 4.90 Å². The summed E-state index contributed by atoms with van der Waals surface area (Å²) in [6.45, 7) is 0.835. The van der Waals surface area contributed by atoms with Crippen LogP contribution in [0.1, 0.15) is 17.5 Å². The van der Waals surface area contributed by atoms with Crippen LogP contribution >= 0.6 is 11.6 Å². The molecule has 0 fully saturated rings. The number of nitrogens with zero attached hydrogens (tertiary/aromatic N) is 1. The quantitative estimate of drug-likeness (QED) is 0.639. The van der Waals surface area contributed by atoms with E-state index in [1.807, 2.05) is 17.0 Å². The van der Waals surface area contributed by atoms with Gasteiger partial charge in [0.15, 0.2) is 0 Å². The van der Waals surface area contributed by atoms with Gasteiger partial charge in [0.25, 0.3) is 0 Å². The van der Waals surface area contributed by atoms with Crippen LogP contribution in [0.5, 0.6) is 0 Å². The smallest absolute Gasteiger partial charge is 0.227 e. The zero-order chi connectivity index (χ0) is 9.71. The monoisotopic (exact) mass is 207 g/mol. The Morgan fingerprint density at radius 1 is 1.21 bits per heavy atom. The molecule has 1 aromatic rings. The molecular formula is C11H10ClNO. The van der Waals surface area contributed by atoms with Gasteiger partial charge in [0.05, 0.1) is 5.69 Å². The molecule has 0 aliphatic carbocycles. The van der Waals surface area contributed by atoms with Crippen molar-refractivity contribution in [2.45, 2.75) is 19.3 Å². The Morgan fingerprint density at radius 2 is 2.07 bits per heavy atom. The summed E-state index contributed by atoms with van der Waals surface area (Å²) < 4.78 is 0. The Morgan fingerprint density at radius 3 is 2.93 bits per heavy atom. The van der Waals surface area contributed by atoms with E-state index in [9.17, 15) is 4.79 Å². The molecule has 0 unspecified atom stereocenters. The minimum atomic E-state index is 0.249. The largest absolute Gasteiger partial charge is 0.311 e. The highest BCUT2D eigenvalue weighted by Crippen LogP contribution is 2.39. The lowest BCUT2D eigenvalue weighted by atomic mass is 10.00. The third kappa shape index (κ3) is 0.947. The molecule has 0 saturated heterocycles. The second-order valence-electron chi connectivity index (χ2n) is 3.83. The Labute approximate surface area is 87.5 Å². The third-order valence-electron chi connectivity index (χ3n) is 3.07. The summed E-state index contributed by atoms with van der Waals surface area (Å²) in [5, 5.41) is 0.808. The summed E-state index contributed by atoms with van der Waals surface area (Å²) in [6, 6.07) is 3.99. The molecule has 0 N–H and O–H groups in total. The van der Waals surface area contributed by atoms with E-state index < -0.39 is 0 Å². The van der Waals surface area contributed by atoms with Gasteiger partial charge in [-0.15, -0.1) is 0 Å². The fourth-order valence-electron chi connectivity index (χ4n) is 2.40. The average molecular weight is 208 g/mol. The molecule has 0 saturated carbocycles. The van der Waals surface area contributed by atoms with Gasteiger partial charge in [0, 0.05) is 18.0 Å². The van der Waals surface area contributed by atoms with Crippen LogP contribution in [-0.4, -0.2) is 12.5 Å². The first-order valence-corrected chi connectivity index (χ1v) is 5.26. The van der Waals surface area contributed by atoms with Gasteiger partial charge in [0.1, 0.15) is 0 Å². The van der Waals surface area contributed by atoms with E-state index in [0.29, 0.717) is 6.42 Å². The first-order valence-electron chi connectivity index (χ1n) is 4.88. The number of anilines is 1. The maximum absolute atomic E-state index is 11.6. The van der Waals surface area contributed by atoms with Crippen molar-refractivity contribution >= 4 is 23.2 Å². The van der Waals surface area contributed by atoms with Crippen molar-refractivity contribution in [1.82, 2.24) is 0 Å². The number of benzene rings is 1. The number of hydrogen-bond acceptors (Lipinski definition) is 1. The van der Waals surface area contributed by atoms with Crippen molar-refractivity contribution in [3.8, 4) is 0 Å². The highest BCUT2D eigenvalue weighted by molar-refractivity contribution is 6.32. The standard InChI is InChI=1S/C11H10ClNO/c12-9-3-1-7-5-6-13-10(14)4-2-8(9)11(7)13/h1,3H,2,4-6H2. The van der Waals surface area contributed by atoms with E-state index in [-0.39, 0.29) is 5.91 Å². The number of rotatable bonds is 0. The van der Waals surface area contributed by atoms with Crippen LogP contribution in [0.4, 0.5) is 5.69 Å². The van der Waals surface area contributed by atoms with E-state index in [1.165, 1.54) is 11.1 Å². The molecule has 14 heavy (non-hydrogen) atoms. The molecule has 0 radical (unpaired) electrons. The predicted octanol–water partition coefficient (Wildman–Crippen LogP) is 2.18. The van der Waals surface area contributed by atoms with Crippen LogP contribution in [0.3, 0.4) is 0 Å².